The smallest absolute Gasteiger partial charge is 0.276 e. The number of carbonyl (C=O) groups is 1. The first-order valence-electron chi connectivity index (χ1n) is 8.40. The van der Waals surface area contributed by atoms with E-state index in [1.54, 1.807) is 23.1 Å². The predicted molar refractivity (Wildman–Crippen MR) is 98.1 cm³/mol. The van der Waals surface area contributed by atoms with Gasteiger partial charge in [-0.1, -0.05) is 47.6 Å². The zero-order chi connectivity index (χ0) is 18.5. The Kier molecular flexibility index (Phi) is 5.14. The average Bonchev–Trinajstić information content (AvgIpc) is 3.17. The van der Waals surface area contributed by atoms with Crippen molar-refractivity contribution in [1.82, 2.24) is 10.1 Å². The molecule has 3 aromatic rings. The molecule has 0 unspecified atom stereocenters. The van der Waals surface area contributed by atoms with Crippen molar-refractivity contribution in [3.05, 3.63) is 77.5 Å². The summed E-state index contributed by atoms with van der Waals surface area (Å²) in [4.78, 5) is 14.6. The Labute approximate surface area is 152 Å². The molecule has 1 aromatic heterocycles. The monoisotopic (exact) mass is 345 g/mol. The molecule has 5 heteroatoms. The minimum absolute atomic E-state index is 0.00461. The van der Waals surface area contributed by atoms with Gasteiger partial charge in [-0.05, 0) is 31.5 Å². The maximum absolute atomic E-state index is 12.9. The van der Waals surface area contributed by atoms with Gasteiger partial charge < -0.3 is 9.42 Å². The number of hydrogen-bond donors (Lipinski definition) is 0. The molecule has 26 heavy (non-hydrogen) atoms. The summed E-state index contributed by atoms with van der Waals surface area (Å²) in [5.41, 5.74) is 2.71. The molecular formula is C21H19N3O2. The summed E-state index contributed by atoms with van der Waals surface area (Å²) in [6.07, 6.45) is 0. The zero-order valence-electron chi connectivity index (χ0n) is 14.7. The van der Waals surface area contributed by atoms with Crippen LogP contribution in [0.1, 0.15) is 35.5 Å². The van der Waals surface area contributed by atoms with Gasteiger partial charge in [0.15, 0.2) is 11.5 Å². The molecule has 0 aliphatic heterocycles. The van der Waals surface area contributed by atoms with Crippen LogP contribution < -0.4 is 0 Å². The van der Waals surface area contributed by atoms with Crippen molar-refractivity contribution < 1.29 is 9.32 Å². The number of aromatic nitrogens is 1. The van der Waals surface area contributed by atoms with Gasteiger partial charge in [-0.25, -0.2) is 0 Å². The summed E-state index contributed by atoms with van der Waals surface area (Å²) < 4.78 is 5.35. The van der Waals surface area contributed by atoms with Crippen LogP contribution in [-0.2, 0) is 6.54 Å². The lowest BCUT2D eigenvalue weighted by molar-refractivity contribution is 0.0679. The van der Waals surface area contributed by atoms with E-state index >= 15 is 0 Å². The molecule has 1 amide bonds. The van der Waals surface area contributed by atoms with E-state index in [9.17, 15) is 4.79 Å². The van der Waals surface area contributed by atoms with Crippen LogP contribution >= 0.6 is 0 Å². The van der Waals surface area contributed by atoms with Crippen molar-refractivity contribution >= 4 is 5.91 Å². The number of carbonyl (C=O) groups excluding carboxylic acids is 1. The quantitative estimate of drug-likeness (QED) is 0.692. The summed E-state index contributed by atoms with van der Waals surface area (Å²) in [6, 6.07) is 20.5. The second kappa shape index (κ2) is 7.66. The normalized spacial score (nSPS) is 10.5. The van der Waals surface area contributed by atoms with E-state index in [1.165, 1.54) is 0 Å². The van der Waals surface area contributed by atoms with E-state index in [4.69, 9.17) is 9.78 Å². The van der Waals surface area contributed by atoms with Gasteiger partial charge in [0.05, 0.1) is 11.6 Å². The first-order valence-corrected chi connectivity index (χ1v) is 8.40. The third kappa shape index (κ3) is 3.81. The average molecular weight is 345 g/mol. The van der Waals surface area contributed by atoms with Crippen LogP contribution in [0.15, 0.2) is 65.2 Å². The second-order valence-electron chi connectivity index (χ2n) is 6.28. The highest BCUT2D eigenvalue weighted by Gasteiger charge is 2.23. The Morgan fingerprint density at radius 1 is 1.15 bits per heavy atom. The maximum atomic E-state index is 12.9. The molecule has 3 rings (SSSR count). The van der Waals surface area contributed by atoms with E-state index < -0.39 is 0 Å². The molecular weight excluding hydrogens is 326 g/mol. The minimum Gasteiger partial charge on any atom is -0.355 e. The van der Waals surface area contributed by atoms with Gasteiger partial charge in [0.25, 0.3) is 5.91 Å². The van der Waals surface area contributed by atoms with Crippen molar-refractivity contribution in [2.45, 2.75) is 26.4 Å². The topological polar surface area (TPSA) is 70.1 Å². The Hall–Kier alpha value is -3.39. The Balaban J connectivity index is 1.81. The van der Waals surface area contributed by atoms with Crippen molar-refractivity contribution in [3.8, 4) is 17.4 Å². The molecule has 0 bridgehead atoms. The third-order valence-electron chi connectivity index (χ3n) is 4.11. The lowest BCUT2D eigenvalue weighted by Crippen LogP contribution is -2.36. The Morgan fingerprint density at radius 2 is 1.85 bits per heavy atom. The fourth-order valence-corrected chi connectivity index (χ4v) is 2.63. The highest BCUT2D eigenvalue weighted by atomic mass is 16.5. The molecule has 0 spiro atoms. The lowest BCUT2D eigenvalue weighted by Gasteiger charge is -2.26. The molecule has 0 radical (unpaired) electrons. The number of amides is 1. The summed E-state index contributed by atoms with van der Waals surface area (Å²) in [6.45, 7) is 4.36. The maximum Gasteiger partial charge on any atom is 0.276 e. The van der Waals surface area contributed by atoms with E-state index in [-0.39, 0.29) is 17.6 Å². The SMILES string of the molecule is CC(C)N(Cc1ccc(C#N)cc1)C(=O)c1cc(-c2ccccc2)on1. The van der Waals surface area contributed by atoms with Crippen LogP contribution in [0.5, 0.6) is 0 Å². The summed E-state index contributed by atoms with van der Waals surface area (Å²) in [5.74, 6) is 0.381. The molecule has 0 saturated carbocycles. The lowest BCUT2D eigenvalue weighted by atomic mass is 10.1. The van der Waals surface area contributed by atoms with Crippen LogP contribution in [-0.4, -0.2) is 22.0 Å². The predicted octanol–water partition coefficient (Wildman–Crippen LogP) is 4.26. The van der Waals surface area contributed by atoms with Crippen LogP contribution in [0.2, 0.25) is 0 Å². The van der Waals surface area contributed by atoms with Crippen LogP contribution in [0.25, 0.3) is 11.3 Å². The van der Waals surface area contributed by atoms with E-state index in [2.05, 4.69) is 11.2 Å². The van der Waals surface area contributed by atoms with E-state index in [0.717, 1.165) is 11.1 Å². The van der Waals surface area contributed by atoms with E-state index in [1.807, 2.05) is 56.3 Å². The molecule has 0 saturated heterocycles. The number of hydrogen-bond acceptors (Lipinski definition) is 4. The summed E-state index contributed by atoms with van der Waals surface area (Å²) in [7, 11) is 0. The number of nitrogens with zero attached hydrogens (tertiary/aromatic N) is 3. The molecule has 130 valence electrons. The molecule has 2 aromatic carbocycles. The van der Waals surface area contributed by atoms with Crippen LogP contribution in [0, 0.1) is 11.3 Å². The Morgan fingerprint density at radius 3 is 2.46 bits per heavy atom. The first-order chi connectivity index (χ1) is 12.6. The van der Waals surface area contributed by atoms with Crippen LogP contribution in [0.4, 0.5) is 0 Å². The molecule has 0 aliphatic rings. The first kappa shape index (κ1) is 17.4. The largest absolute Gasteiger partial charge is 0.355 e. The number of benzene rings is 2. The van der Waals surface area contributed by atoms with Crippen molar-refractivity contribution in [2.75, 3.05) is 0 Å². The van der Waals surface area contributed by atoms with Gasteiger partial charge in [-0.2, -0.15) is 5.26 Å². The summed E-state index contributed by atoms with van der Waals surface area (Å²) >= 11 is 0. The summed E-state index contributed by atoms with van der Waals surface area (Å²) in [5, 5.41) is 12.9. The van der Waals surface area contributed by atoms with Gasteiger partial charge in [0, 0.05) is 24.2 Å². The fourth-order valence-electron chi connectivity index (χ4n) is 2.63. The Bertz CT molecular complexity index is 922. The van der Waals surface area contributed by atoms with Crippen LogP contribution in [0.3, 0.4) is 0 Å². The zero-order valence-corrected chi connectivity index (χ0v) is 14.7. The molecule has 0 N–H and O–H groups in total. The van der Waals surface area contributed by atoms with E-state index in [0.29, 0.717) is 17.9 Å². The number of nitriles is 1. The molecule has 0 atom stereocenters. The van der Waals surface area contributed by atoms with Gasteiger partial charge in [-0.15, -0.1) is 0 Å². The molecule has 5 nitrogen and oxygen atoms in total. The number of rotatable bonds is 5. The minimum atomic E-state index is -0.185. The standard InChI is InChI=1S/C21H19N3O2/c1-15(2)24(14-17-10-8-16(13-22)9-11-17)21(25)19-12-20(26-23-19)18-6-4-3-5-7-18/h3-12,15H,14H2,1-2H3. The second-order valence-corrected chi connectivity index (χ2v) is 6.28. The van der Waals surface area contributed by atoms with Crippen molar-refractivity contribution in [2.24, 2.45) is 0 Å². The molecule has 0 fully saturated rings. The molecule has 0 aliphatic carbocycles. The highest BCUT2D eigenvalue weighted by molar-refractivity contribution is 5.93. The fraction of sp³-hybridized carbons (Fsp3) is 0.190. The van der Waals surface area contributed by atoms with Crippen molar-refractivity contribution in [3.63, 3.8) is 0 Å². The molecule has 1 heterocycles. The van der Waals surface area contributed by atoms with Crippen molar-refractivity contribution in [1.29, 1.82) is 5.26 Å². The third-order valence-corrected chi connectivity index (χ3v) is 4.11. The van der Waals surface area contributed by atoms with Gasteiger partial charge >= 0.3 is 0 Å². The van der Waals surface area contributed by atoms with Gasteiger partial charge in [0.2, 0.25) is 0 Å². The van der Waals surface area contributed by atoms with Gasteiger partial charge in [0.1, 0.15) is 0 Å². The van der Waals surface area contributed by atoms with Gasteiger partial charge in [-0.3, -0.25) is 4.79 Å². The highest BCUT2D eigenvalue weighted by Crippen LogP contribution is 2.21.